The highest BCUT2D eigenvalue weighted by Crippen LogP contribution is 2.38. The van der Waals surface area contributed by atoms with Crippen molar-refractivity contribution in [1.82, 2.24) is 0 Å². The van der Waals surface area contributed by atoms with Gasteiger partial charge < -0.3 is 29.2 Å². The number of rotatable bonds is 5. The Labute approximate surface area is 299 Å². The van der Waals surface area contributed by atoms with Crippen LogP contribution in [0.2, 0.25) is 0 Å². The van der Waals surface area contributed by atoms with Gasteiger partial charge in [-0.3, -0.25) is 25.0 Å². The monoisotopic (exact) mass is 858 g/mol. The van der Waals surface area contributed by atoms with E-state index in [9.17, 15) is 34.9 Å². The number of Topliss-reactive ketones (excluding diaryl/α,β-unsaturated/α-hetero) is 1. The molecule has 2 N–H and O–H groups in total. The molecule has 0 aromatic heterocycles. The van der Waals surface area contributed by atoms with Crippen molar-refractivity contribution in [3.8, 4) is 17.2 Å². The Balaban J connectivity index is 0.000000169. The van der Waals surface area contributed by atoms with E-state index in [2.05, 4.69) is 47.8 Å². The Hall–Kier alpha value is -3.64. The van der Waals surface area contributed by atoms with Crippen LogP contribution in [0.5, 0.6) is 17.2 Å². The average Bonchev–Trinajstić information content (AvgIpc) is 3.05. The predicted octanol–water partition coefficient (Wildman–Crippen LogP) is 6.94. The van der Waals surface area contributed by atoms with E-state index in [1.165, 1.54) is 30.3 Å². The van der Waals surface area contributed by atoms with E-state index in [1.54, 1.807) is 6.07 Å². The second-order valence-electron chi connectivity index (χ2n) is 10.8. The third-order valence-electron chi connectivity index (χ3n) is 7.73. The molecule has 14 nitrogen and oxygen atoms in total. The number of ketones is 1. The number of aromatic hydroxyl groups is 1. The van der Waals surface area contributed by atoms with Crippen LogP contribution in [0.25, 0.3) is 0 Å². The lowest BCUT2D eigenvalue weighted by Gasteiger charge is -2.39. The highest BCUT2D eigenvalue weighted by atomic mass is 79.9. The second-order valence-corrected chi connectivity index (χ2v) is 13.6. The molecule has 3 aliphatic rings. The van der Waals surface area contributed by atoms with E-state index in [-0.39, 0.29) is 54.7 Å². The molecule has 0 saturated carbocycles. The Kier molecular flexibility index (Phi) is 12.5. The van der Waals surface area contributed by atoms with Gasteiger partial charge in [-0.1, -0.05) is 47.8 Å². The minimum absolute atomic E-state index is 0.0532. The number of phenols is 1. The Morgan fingerprint density at radius 2 is 1.31 bits per heavy atom. The Morgan fingerprint density at radius 3 is 1.88 bits per heavy atom. The summed E-state index contributed by atoms with van der Waals surface area (Å²) >= 11 is 9.60. The number of ether oxygens (including phenoxy) is 4. The van der Waals surface area contributed by atoms with Crippen LogP contribution in [0.15, 0.2) is 68.0 Å². The molecule has 3 heterocycles. The lowest BCUT2D eigenvalue weighted by atomic mass is 9.83. The van der Waals surface area contributed by atoms with Gasteiger partial charge >= 0.3 is 17.3 Å². The first-order valence-corrected chi connectivity index (χ1v) is 16.8. The van der Waals surface area contributed by atoms with Gasteiger partial charge in [0.2, 0.25) is 5.60 Å². The van der Waals surface area contributed by atoms with E-state index in [4.69, 9.17) is 24.1 Å². The zero-order valence-electron chi connectivity index (χ0n) is 25.1. The van der Waals surface area contributed by atoms with E-state index >= 15 is 0 Å². The molecule has 3 aromatic carbocycles. The fraction of sp³-hybridized carbons (Fsp3) is 0.355. The topological polar surface area (TPSA) is 198 Å². The van der Waals surface area contributed by atoms with Gasteiger partial charge in [-0.2, -0.15) is 0 Å². The number of carboxylic acid groups (broad SMARTS) is 1. The molecule has 6 rings (SSSR count). The van der Waals surface area contributed by atoms with Crippen molar-refractivity contribution in [3.05, 3.63) is 93.8 Å². The smallest absolute Gasteiger partial charge is 0.348 e. The molecule has 48 heavy (non-hydrogen) atoms. The standard InChI is InChI=1S/C13H13BrO3.C12H12BrNO6.C6H4BrNO3/c14-10-1-2-11-9(7-10)8-12(15)13(17-11)3-5-16-6-4-13;13-8-1-2-10(9(7-8)14(17)18)20-12(11(15)16)3-5-19-6-4-12;7-4-1-2-6(9)5(3-4)8(10)11/h1-2,7H,3-6,8H2;1-2,7H,3-6H2,(H,15,16);1-3,9H. The van der Waals surface area contributed by atoms with E-state index in [1.807, 2.05) is 18.2 Å². The van der Waals surface area contributed by atoms with Gasteiger partial charge in [0.15, 0.2) is 22.9 Å². The molecule has 3 aliphatic heterocycles. The SMILES string of the molecule is O=C(O)C1(Oc2ccc(Br)cc2[N+](=O)[O-])CCOCC1.O=C1Cc2cc(Br)ccc2OC12CCOCC2.O=[N+]([O-])c1cc(Br)ccc1O. The third-order valence-corrected chi connectivity index (χ3v) is 9.21. The number of nitro groups is 2. The maximum Gasteiger partial charge on any atom is 0.348 e. The molecule has 1 spiro atoms. The van der Waals surface area contributed by atoms with Gasteiger partial charge in [0.05, 0.1) is 36.3 Å². The molecule has 0 bridgehead atoms. The van der Waals surface area contributed by atoms with Crippen molar-refractivity contribution in [2.75, 3.05) is 26.4 Å². The normalized spacial score (nSPS) is 17.3. The third kappa shape index (κ3) is 9.07. The molecule has 0 radical (unpaired) electrons. The Morgan fingerprint density at radius 1 is 0.792 bits per heavy atom. The van der Waals surface area contributed by atoms with Gasteiger partial charge in [-0.25, -0.2) is 4.79 Å². The number of halogens is 3. The molecular weight excluding hydrogens is 832 g/mol. The number of carbonyl (C=O) groups excluding carboxylic acids is 1. The molecule has 256 valence electrons. The lowest BCUT2D eigenvalue weighted by molar-refractivity contribution is -0.386. The summed E-state index contributed by atoms with van der Waals surface area (Å²) in [5.74, 6) is -0.486. The largest absolute Gasteiger partial charge is 0.502 e. The van der Waals surface area contributed by atoms with Crippen molar-refractivity contribution in [2.24, 2.45) is 0 Å². The molecule has 0 unspecified atom stereocenters. The number of nitro benzene ring substituents is 2. The zero-order chi connectivity index (χ0) is 35.1. The van der Waals surface area contributed by atoms with Crippen LogP contribution >= 0.6 is 47.8 Å². The zero-order valence-corrected chi connectivity index (χ0v) is 29.8. The quantitative estimate of drug-likeness (QED) is 0.198. The number of hydrogen-bond acceptors (Lipinski definition) is 11. The molecule has 17 heteroatoms. The molecule has 2 saturated heterocycles. The molecule has 2 fully saturated rings. The predicted molar refractivity (Wildman–Crippen MR) is 181 cm³/mol. The summed E-state index contributed by atoms with van der Waals surface area (Å²) in [6.45, 7) is 1.71. The van der Waals surface area contributed by atoms with E-state index in [0.717, 1.165) is 15.8 Å². The van der Waals surface area contributed by atoms with Crippen molar-refractivity contribution < 1.29 is 48.6 Å². The first kappa shape index (κ1) is 37.2. The van der Waals surface area contributed by atoms with Crippen LogP contribution in [0.3, 0.4) is 0 Å². The van der Waals surface area contributed by atoms with Gasteiger partial charge in [-0.15, -0.1) is 0 Å². The second kappa shape index (κ2) is 16.2. The fourth-order valence-electron chi connectivity index (χ4n) is 5.10. The number of nitrogens with zero attached hydrogens (tertiary/aromatic N) is 2. The summed E-state index contributed by atoms with van der Waals surface area (Å²) in [5.41, 5.74) is -1.69. The molecule has 0 amide bonds. The number of carboxylic acids is 1. The number of carbonyl (C=O) groups is 2. The summed E-state index contributed by atoms with van der Waals surface area (Å²) in [6, 6.07) is 14.1. The van der Waals surface area contributed by atoms with Crippen molar-refractivity contribution >= 4 is 70.9 Å². The van der Waals surface area contributed by atoms with E-state index < -0.39 is 27.0 Å². The van der Waals surface area contributed by atoms with Gasteiger partial charge in [0, 0.05) is 63.2 Å². The van der Waals surface area contributed by atoms with Crippen molar-refractivity contribution in [2.45, 2.75) is 43.3 Å². The van der Waals surface area contributed by atoms with Crippen molar-refractivity contribution in [1.29, 1.82) is 0 Å². The van der Waals surface area contributed by atoms with Crippen LogP contribution in [-0.2, 0) is 25.5 Å². The number of phenolic OH excluding ortho intramolecular Hbond substituents is 1. The van der Waals surface area contributed by atoms with Crippen LogP contribution in [-0.4, -0.2) is 69.4 Å². The van der Waals surface area contributed by atoms with Crippen LogP contribution in [0.1, 0.15) is 31.2 Å². The van der Waals surface area contributed by atoms with Crippen LogP contribution < -0.4 is 9.47 Å². The van der Waals surface area contributed by atoms with Crippen molar-refractivity contribution in [3.63, 3.8) is 0 Å². The maximum absolute atomic E-state index is 12.2. The molecular formula is C31H29Br3N2O12. The molecule has 0 atom stereocenters. The van der Waals surface area contributed by atoms with Crippen LogP contribution in [0.4, 0.5) is 11.4 Å². The lowest BCUT2D eigenvalue weighted by Crippen LogP contribution is -2.51. The fourth-order valence-corrected chi connectivity index (χ4v) is 6.21. The van der Waals surface area contributed by atoms with Gasteiger partial charge in [0.25, 0.3) is 0 Å². The number of fused-ring (bicyclic) bond motifs is 1. The first-order chi connectivity index (χ1) is 22.7. The average molecular weight is 861 g/mol. The summed E-state index contributed by atoms with van der Waals surface area (Å²) in [4.78, 5) is 43.7. The molecule has 0 aliphatic carbocycles. The van der Waals surface area contributed by atoms with E-state index in [0.29, 0.717) is 41.4 Å². The summed E-state index contributed by atoms with van der Waals surface area (Å²) in [7, 11) is 0. The number of aliphatic carboxylic acids is 1. The summed E-state index contributed by atoms with van der Waals surface area (Å²) in [6.07, 6.45) is 2.10. The number of hydrogen-bond donors (Lipinski definition) is 2. The minimum Gasteiger partial charge on any atom is -0.502 e. The maximum atomic E-state index is 12.2. The Bertz CT molecular complexity index is 1690. The highest BCUT2D eigenvalue weighted by molar-refractivity contribution is 9.11. The summed E-state index contributed by atoms with van der Waals surface area (Å²) in [5, 5.41) is 39.5. The van der Waals surface area contributed by atoms with Gasteiger partial charge in [0.1, 0.15) is 5.75 Å². The summed E-state index contributed by atoms with van der Waals surface area (Å²) < 4.78 is 24.0. The first-order valence-electron chi connectivity index (χ1n) is 14.4. The van der Waals surface area contributed by atoms with Gasteiger partial charge in [-0.05, 0) is 42.5 Å². The van der Waals surface area contributed by atoms with Crippen LogP contribution in [0, 0.1) is 20.2 Å². The molecule has 3 aromatic rings. The minimum atomic E-state index is -1.48. The highest BCUT2D eigenvalue weighted by Gasteiger charge is 2.45. The number of benzene rings is 3.